The molecule has 11 heteroatoms. The highest BCUT2D eigenvalue weighted by atomic mass is 35.5. The molecule has 0 aliphatic heterocycles. The van der Waals surface area contributed by atoms with E-state index in [1.807, 2.05) is 30.3 Å². The number of aromatic nitrogens is 6. The summed E-state index contributed by atoms with van der Waals surface area (Å²) in [7, 11) is 0. The lowest BCUT2D eigenvalue weighted by atomic mass is 10.1. The van der Waals surface area contributed by atoms with Crippen LogP contribution in [0, 0.1) is 0 Å². The van der Waals surface area contributed by atoms with Gasteiger partial charge in [0.05, 0.1) is 24.8 Å². The number of nitrogens with two attached hydrogens (primary N) is 1. The van der Waals surface area contributed by atoms with Gasteiger partial charge in [0.1, 0.15) is 17.8 Å². The van der Waals surface area contributed by atoms with Crippen molar-refractivity contribution >= 4 is 12.4 Å². The van der Waals surface area contributed by atoms with Gasteiger partial charge in [0, 0.05) is 17.7 Å². The standard InChI is InChI=1S/C19H16FN7O2.ClH/c20-8-13(9-21)11-27-19(28)26(12-22-27)18-3-1-2-16(24-18)14-4-6-15(7-5-14)17-10-23-29-25-17;/h1-8,10,12H,9,11,21H2;1H/b13-8+;. The summed E-state index contributed by atoms with van der Waals surface area (Å²) in [6, 6.07) is 12.9. The lowest BCUT2D eigenvalue weighted by Crippen LogP contribution is -2.26. The van der Waals surface area contributed by atoms with Crippen LogP contribution in [0.5, 0.6) is 0 Å². The van der Waals surface area contributed by atoms with Crippen LogP contribution in [0.15, 0.2) is 76.3 Å². The van der Waals surface area contributed by atoms with Gasteiger partial charge in [0.15, 0.2) is 0 Å². The molecule has 1 aromatic carbocycles. The molecule has 9 nitrogen and oxygen atoms in total. The van der Waals surface area contributed by atoms with E-state index < -0.39 is 5.69 Å². The Hall–Kier alpha value is -3.63. The first-order valence-electron chi connectivity index (χ1n) is 8.68. The van der Waals surface area contributed by atoms with Crippen molar-refractivity contribution < 1.29 is 9.02 Å². The van der Waals surface area contributed by atoms with Gasteiger partial charge in [-0.15, -0.1) is 12.4 Å². The third-order valence-electron chi connectivity index (χ3n) is 4.32. The summed E-state index contributed by atoms with van der Waals surface area (Å²) in [6.07, 6.45) is 3.27. The van der Waals surface area contributed by atoms with Crippen molar-refractivity contribution in [2.24, 2.45) is 5.73 Å². The minimum absolute atomic E-state index is 0. The maximum absolute atomic E-state index is 12.7. The van der Waals surface area contributed by atoms with Gasteiger partial charge in [-0.25, -0.2) is 28.0 Å². The van der Waals surface area contributed by atoms with E-state index in [4.69, 9.17) is 5.73 Å². The van der Waals surface area contributed by atoms with Gasteiger partial charge in [-0.05, 0) is 22.9 Å². The first-order chi connectivity index (χ1) is 14.2. The van der Waals surface area contributed by atoms with Crippen molar-refractivity contribution in [3.05, 3.63) is 77.4 Å². The monoisotopic (exact) mass is 429 g/mol. The minimum atomic E-state index is -0.434. The number of hydrogen-bond acceptors (Lipinski definition) is 7. The summed E-state index contributed by atoms with van der Waals surface area (Å²) < 4.78 is 19.8. The smallest absolute Gasteiger partial charge is 0.327 e. The number of benzene rings is 1. The molecule has 0 amide bonds. The first kappa shape index (κ1) is 21.1. The molecule has 154 valence electrons. The number of rotatable bonds is 6. The van der Waals surface area contributed by atoms with Crippen LogP contribution < -0.4 is 11.4 Å². The topological polar surface area (TPSA) is 118 Å². The quantitative estimate of drug-likeness (QED) is 0.500. The first-order valence-corrected chi connectivity index (χ1v) is 8.68. The number of pyridine rings is 1. The lowest BCUT2D eigenvalue weighted by Gasteiger charge is -2.05. The van der Waals surface area contributed by atoms with Crippen molar-refractivity contribution in [1.29, 1.82) is 0 Å². The van der Waals surface area contributed by atoms with Gasteiger partial charge in [-0.2, -0.15) is 5.10 Å². The van der Waals surface area contributed by atoms with Crippen LogP contribution >= 0.6 is 12.4 Å². The van der Waals surface area contributed by atoms with Crippen LogP contribution in [0.3, 0.4) is 0 Å². The highest BCUT2D eigenvalue weighted by Crippen LogP contribution is 2.22. The van der Waals surface area contributed by atoms with Crippen LogP contribution in [0.2, 0.25) is 0 Å². The van der Waals surface area contributed by atoms with Crippen molar-refractivity contribution in [3.8, 4) is 28.3 Å². The van der Waals surface area contributed by atoms with Gasteiger partial charge >= 0.3 is 5.69 Å². The molecule has 3 aromatic heterocycles. The Kier molecular flexibility index (Phi) is 6.50. The molecule has 3 heterocycles. The zero-order valence-electron chi connectivity index (χ0n) is 15.6. The molecule has 0 atom stereocenters. The van der Waals surface area contributed by atoms with Crippen LogP contribution in [0.1, 0.15) is 0 Å². The fourth-order valence-corrected chi connectivity index (χ4v) is 2.76. The van der Waals surface area contributed by atoms with Gasteiger partial charge in [-0.3, -0.25) is 0 Å². The molecule has 0 bridgehead atoms. The van der Waals surface area contributed by atoms with Gasteiger partial charge < -0.3 is 5.73 Å². The molecule has 0 radical (unpaired) electrons. The van der Waals surface area contributed by atoms with Crippen LogP contribution in [-0.2, 0) is 6.54 Å². The summed E-state index contributed by atoms with van der Waals surface area (Å²) >= 11 is 0. The molecule has 0 aliphatic rings. The average Bonchev–Trinajstić information content (AvgIpc) is 3.43. The highest BCUT2D eigenvalue weighted by Gasteiger charge is 2.11. The van der Waals surface area contributed by atoms with E-state index in [-0.39, 0.29) is 31.1 Å². The van der Waals surface area contributed by atoms with Crippen LogP contribution in [0.25, 0.3) is 28.3 Å². The third kappa shape index (κ3) is 4.19. The molecule has 4 aromatic rings. The molecule has 0 saturated heterocycles. The number of nitrogens with zero attached hydrogens (tertiary/aromatic N) is 6. The second kappa shape index (κ2) is 9.25. The van der Waals surface area contributed by atoms with Gasteiger partial charge in [0.2, 0.25) is 0 Å². The lowest BCUT2D eigenvalue weighted by molar-refractivity contribution is 0.308. The highest BCUT2D eigenvalue weighted by molar-refractivity contribution is 5.85. The Bertz CT molecular complexity index is 1200. The molecule has 0 aliphatic carbocycles. The Morgan fingerprint density at radius 1 is 1.13 bits per heavy atom. The maximum Gasteiger partial charge on any atom is 0.351 e. The van der Waals surface area contributed by atoms with E-state index in [1.165, 1.54) is 17.1 Å². The SMILES string of the molecule is Cl.NC/C(=C\F)Cn1ncn(-c2cccc(-c3ccc(-c4cnon4)cc3)n2)c1=O. The van der Waals surface area contributed by atoms with Crippen LogP contribution in [0.4, 0.5) is 4.39 Å². The Balaban J connectivity index is 0.00000256. The van der Waals surface area contributed by atoms with Gasteiger partial charge in [0.25, 0.3) is 0 Å². The predicted molar refractivity (Wildman–Crippen MR) is 110 cm³/mol. The summed E-state index contributed by atoms with van der Waals surface area (Å²) in [5.41, 5.74) is 8.31. The second-order valence-electron chi connectivity index (χ2n) is 6.16. The summed E-state index contributed by atoms with van der Waals surface area (Å²) in [5.74, 6) is 0.405. The second-order valence-corrected chi connectivity index (χ2v) is 6.16. The van der Waals surface area contributed by atoms with E-state index in [0.717, 1.165) is 15.8 Å². The van der Waals surface area contributed by atoms with Crippen LogP contribution in [-0.4, -0.2) is 36.2 Å². The normalized spacial score (nSPS) is 11.3. The van der Waals surface area contributed by atoms with Crippen molar-refractivity contribution in [2.75, 3.05) is 6.54 Å². The number of halogens is 2. The Morgan fingerprint density at radius 3 is 2.50 bits per heavy atom. The third-order valence-corrected chi connectivity index (χ3v) is 4.32. The summed E-state index contributed by atoms with van der Waals surface area (Å²) in [4.78, 5) is 17.1. The fourth-order valence-electron chi connectivity index (χ4n) is 2.76. The fraction of sp³-hybridized carbons (Fsp3) is 0.105. The average molecular weight is 430 g/mol. The molecule has 0 fully saturated rings. The molecule has 4 rings (SSSR count). The molecule has 0 saturated carbocycles. The molecule has 2 N–H and O–H groups in total. The molecule has 0 spiro atoms. The molecular weight excluding hydrogens is 413 g/mol. The largest absolute Gasteiger partial charge is 0.351 e. The van der Waals surface area contributed by atoms with E-state index in [9.17, 15) is 9.18 Å². The minimum Gasteiger partial charge on any atom is -0.327 e. The molecular formula is C19H17ClFN7O2. The number of hydrogen-bond donors (Lipinski definition) is 1. The Morgan fingerprint density at radius 2 is 1.87 bits per heavy atom. The zero-order valence-corrected chi connectivity index (χ0v) is 16.4. The van der Waals surface area contributed by atoms with Crippen molar-refractivity contribution in [2.45, 2.75) is 6.54 Å². The maximum atomic E-state index is 12.7. The zero-order chi connectivity index (χ0) is 20.2. The van der Waals surface area contributed by atoms with Crippen molar-refractivity contribution in [1.82, 2.24) is 29.6 Å². The molecule has 0 unspecified atom stereocenters. The predicted octanol–water partition coefficient (Wildman–Crippen LogP) is 2.38. The van der Waals surface area contributed by atoms with E-state index >= 15 is 0 Å². The van der Waals surface area contributed by atoms with E-state index in [1.54, 1.807) is 12.1 Å². The van der Waals surface area contributed by atoms with E-state index in [2.05, 4.69) is 25.0 Å². The Labute approximate surface area is 176 Å². The molecule has 30 heavy (non-hydrogen) atoms. The van der Waals surface area contributed by atoms with E-state index in [0.29, 0.717) is 23.5 Å². The van der Waals surface area contributed by atoms with Gasteiger partial charge in [-0.1, -0.05) is 35.5 Å². The summed E-state index contributed by atoms with van der Waals surface area (Å²) in [5, 5.41) is 11.4. The summed E-state index contributed by atoms with van der Waals surface area (Å²) in [6.45, 7) is -0.0131. The van der Waals surface area contributed by atoms with Crippen molar-refractivity contribution in [3.63, 3.8) is 0 Å².